The van der Waals surface area contributed by atoms with Crippen molar-refractivity contribution in [3.8, 4) is 0 Å². The van der Waals surface area contributed by atoms with Gasteiger partial charge in [-0.15, -0.1) is 0 Å². The quantitative estimate of drug-likeness (QED) is 0.278. The van der Waals surface area contributed by atoms with Crippen LogP contribution in [0.4, 0.5) is 11.9 Å². The number of esters is 1. The highest BCUT2D eigenvalue weighted by Gasteiger charge is 2.23. The lowest BCUT2D eigenvalue weighted by atomic mass is 10.2. The number of ether oxygens (including phenoxy) is 1. The van der Waals surface area contributed by atoms with Crippen LogP contribution in [-0.2, 0) is 36.9 Å². The third-order valence-corrected chi connectivity index (χ3v) is 6.01. The molecule has 210 valence electrons. The second kappa shape index (κ2) is 15.2. The first-order chi connectivity index (χ1) is 18.8. The van der Waals surface area contributed by atoms with Gasteiger partial charge in [0, 0.05) is 58.4 Å². The van der Waals surface area contributed by atoms with E-state index < -0.39 is 11.9 Å². The first-order valence-corrected chi connectivity index (χ1v) is 12.9. The molecule has 1 aliphatic heterocycles. The lowest BCUT2D eigenvalue weighted by Gasteiger charge is -2.35. The van der Waals surface area contributed by atoms with Crippen LogP contribution >= 0.6 is 0 Å². The zero-order valence-corrected chi connectivity index (χ0v) is 21.8. The molecule has 1 amide bonds. The van der Waals surface area contributed by atoms with Crippen molar-refractivity contribution in [2.24, 2.45) is 0 Å². The van der Waals surface area contributed by atoms with E-state index in [1.165, 1.54) is 0 Å². The molecule has 3 rings (SSSR count). The molecule has 2 aromatic rings. The van der Waals surface area contributed by atoms with Crippen molar-refractivity contribution in [3.63, 3.8) is 0 Å². The molecule has 1 aromatic carbocycles. The van der Waals surface area contributed by atoms with Crippen molar-refractivity contribution < 1.29 is 34.1 Å². The Balaban J connectivity index is 1.47. The Labute approximate surface area is 226 Å². The van der Waals surface area contributed by atoms with Crippen molar-refractivity contribution in [2.45, 2.75) is 51.6 Å². The van der Waals surface area contributed by atoms with E-state index in [1.54, 1.807) is 4.90 Å². The van der Waals surface area contributed by atoms with Gasteiger partial charge < -0.3 is 30.1 Å². The van der Waals surface area contributed by atoms with E-state index in [2.05, 4.69) is 20.3 Å². The molecule has 2 heterocycles. The zero-order valence-electron chi connectivity index (χ0n) is 21.8. The van der Waals surface area contributed by atoms with Crippen LogP contribution in [0.1, 0.15) is 49.9 Å². The average Bonchev–Trinajstić information content (AvgIpc) is 2.92. The van der Waals surface area contributed by atoms with Gasteiger partial charge in [0.2, 0.25) is 17.8 Å². The number of hydrogen-bond acceptors (Lipinski definition) is 10. The van der Waals surface area contributed by atoms with Crippen molar-refractivity contribution in [3.05, 3.63) is 41.7 Å². The number of benzene rings is 1. The summed E-state index contributed by atoms with van der Waals surface area (Å²) in [6, 6.07) is 9.40. The molecule has 1 aromatic heterocycles. The lowest BCUT2D eigenvalue weighted by molar-refractivity contribution is -0.145. The van der Waals surface area contributed by atoms with Crippen LogP contribution in [0.3, 0.4) is 0 Å². The fourth-order valence-corrected chi connectivity index (χ4v) is 3.93. The number of carbonyl (C=O) groups excluding carboxylic acids is 2. The van der Waals surface area contributed by atoms with Crippen molar-refractivity contribution in [2.75, 3.05) is 42.9 Å². The van der Waals surface area contributed by atoms with Crippen LogP contribution < -0.4 is 10.2 Å². The van der Waals surface area contributed by atoms with Crippen LogP contribution in [0.25, 0.3) is 0 Å². The molecule has 0 radical (unpaired) electrons. The third kappa shape index (κ3) is 10.5. The van der Waals surface area contributed by atoms with Crippen LogP contribution in [-0.4, -0.2) is 86.6 Å². The van der Waals surface area contributed by atoms with Gasteiger partial charge in [-0.3, -0.25) is 19.2 Å². The highest BCUT2D eigenvalue weighted by molar-refractivity contribution is 5.77. The Kier molecular flexibility index (Phi) is 11.4. The molecule has 0 aliphatic carbocycles. The molecule has 0 bridgehead atoms. The van der Waals surface area contributed by atoms with Gasteiger partial charge >= 0.3 is 17.9 Å². The number of piperazine rings is 1. The number of hydrogen-bond donors (Lipinski definition) is 3. The van der Waals surface area contributed by atoms with Crippen LogP contribution in [0.15, 0.2) is 30.3 Å². The number of carboxylic acids is 2. The molecule has 39 heavy (non-hydrogen) atoms. The zero-order chi connectivity index (χ0) is 28.0. The van der Waals surface area contributed by atoms with E-state index in [9.17, 15) is 19.2 Å². The number of nitrogens with zero attached hydrogens (tertiary/aromatic N) is 5. The van der Waals surface area contributed by atoms with Crippen molar-refractivity contribution >= 4 is 35.7 Å². The predicted octanol–water partition coefficient (Wildman–Crippen LogP) is 1.73. The van der Waals surface area contributed by atoms with Gasteiger partial charge in [0.15, 0.2) is 0 Å². The molecule has 1 aliphatic rings. The minimum atomic E-state index is -0.955. The second-order valence-electron chi connectivity index (χ2n) is 9.06. The van der Waals surface area contributed by atoms with Crippen molar-refractivity contribution in [1.82, 2.24) is 19.9 Å². The maximum atomic E-state index is 12.7. The van der Waals surface area contributed by atoms with E-state index in [1.807, 2.05) is 35.2 Å². The number of carboxylic acid groups (broad SMARTS) is 2. The van der Waals surface area contributed by atoms with Crippen LogP contribution in [0.2, 0.25) is 0 Å². The van der Waals surface area contributed by atoms with Gasteiger partial charge in [0.25, 0.3) is 0 Å². The molecular formula is C26H34N6O7. The largest absolute Gasteiger partial charge is 0.481 e. The summed E-state index contributed by atoms with van der Waals surface area (Å²) >= 11 is 0. The number of aryl methyl sites for hydroxylation is 1. The lowest BCUT2D eigenvalue weighted by Crippen LogP contribution is -2.49. The van der Waals surface area contributed by atoms with E-state index in [-0.39, 0.29) is 56.7 Å². The van der Waals surface area contributed by atoms with E-state index in [4.69, 9.17) is 14.9 Å². The molecule has 0 spiro atoms. The van der Waals surface area contributed by atoms with E-state index in [0.29, 0.717) is 57.2 Å². The molecule has 0 atom stereocenters. The standard InChI is InChI=1S/C26H34N6O7/c33-21(9-5-11-24(38)39-18-19-6-2-1-3-7-19)31-14-16-32(17-15-31)26-29-20(8-4-10-22(34)35)28-25(30-26)27-13-12-23(36)37/h1-3,6-7H,4-5,8-18H2,(H,34,35)(H,36,37)(H,27,28,29,30). The number of rotatable bonds is 15. The average molecular weight is 543 g/mol. The summed E-state index contributed by atoms with van der Waals surface area (Å²) in [4.78, 5) is 63.2. The molecule has 1 fully saturated rings. The topological polar surface area (TPSA) is 175 Å². The summed E-state index contributed by atoms with van der Waals surface area (Å²) in [5.41, 5.74) is 0.911. The monoisotopic (exact) mass is 542 g/mol. The van der Waals surface area contributed by atoms with E-state index in [0.717, 1.165) is 5.56 Å². The number of carbonyl (C=O) groups is 4. The first kappa shape index (κ1) is 29.3. The minimum Gasteiger partial charge on any atom is -0.481 e. The fourth-order valence-electron chi connectivity index (χ4n) is 3.93. The van der Waals surface area contributed by atoms with Gasteiger partial charge in [-0.25, -0.2) is 0 Å². The van der Waals surface area contributed by atoms with Gasteiger partial charge in [-0.1, -0.05) is 30.3 Å². The van der Waals surface area contributed by atoms with Gasteiger partial charge in [-0.2, -0.15) is 15.0 Å². The van der Waals surface area contributed by atoms with Crippen LogP contribution in [0, 0.1) is 0 Å². The molecule has 3 N–H and O–H groups in total. The highest BCUT2D eigenvalue weighted by atomic mass is 16.5. The molecular weight excluding hydrogens is 508 g/mol. The van der Waals surface area contributed by atoms with Gasteiger partial charge in [0.05, 0.1) is 6.42 Å². The number of aromatic nitrogens is 3. The summed E-state index contributed by atoms with van der Waals surface area (Å²) in [6.07, 6.45) is 1.39. The smallest absolute Gasteiger partial charge is 0.306 e. The maximum Gasteiger partial charge on any atom is 0.306 e. The number of amides is 1. The highest BCUT2D eigenvalue weighted by Crippen LogP contribution is 2.16. The summed E-state index contributed by atoms with van der Waals surface area (Å²) in [6.45, 7) is 2.23. The van der Waals surface area contributed by atoms with E-state index >= 15 is 0 Å². The summed E-state index contributed by atoms with van der Waals surface area (Å²) in [7, 11) is 0. The van der Waals surface area contributed by atoms with Crippen molar-refractivity contribution in [1.29, 1.82) is 0 Å². The normalized spacial score (nSPS) is 13.1. The molecule has 13 heteroatoms. The minimum absolute atomic E-state index is 0.0195. The SMILES string of the molecule is O=C(O)CCCc1nc(NCCC(=O)O)nc(N2CCN(C(=O)CCCC(=O)OCc3ccccc3)CC2)n1. The maximum absolute atomic E-state index is 12.7. The Morgan fingerprint density at radius 2 is 1.56 bits per heavy atom. The van der Waals surface area contributed by atoms with Crippen LogP contribution in [0.5, 0.6) is 0 Å². The second-order valence-corrected chi connectivity index (χ2v) is 9.06. The first-order valence-electron chi connectivity index (χ1n) is 12.9. The summed E-state index contributed by atoms with van der Waals surface area (Å²) < 4.78 is 5.26. The number of aliphatic carboxylic acids is 2. The fraction of sp³-hybridized carbons (Fsp3) is 0.500. The Morgan fingerprint density at radius 1 is 0.846 bits per heavy atom. The summed E-state index contributed by atoms with van der Waals surface area (Å²) in [5, 5.41) is 20.7. The number of nitrogens with one attached hydrogen (secondary N) is 1. The third-order valence-electron chi connectivity index (χ3n) is 6.01. The van der Waals surface area contributed by atoms with Gasteiger partial charge in [-0.05, 0) is 18.4 Å². The Bertz CT molecular complexity index is 1080. The number of anilines is 2. The predicted molar refractivity (Wildman–Crippen MR) is 140 cm³/mol. The Morgan fingerprint density at radius 3 is 2.26 bits per heavy atom. The summed E-state index contributed by atoms with van der Waals surface area (Å²) in [5.74, 6) is -1.20. The molecule has 13 nitrogen and oxygen atoms in total. The molecule has 1 saturated heterocycles. The molecule has 0 saturated carbocycles. The van der Waals surface area contributed by atoms with Gasteiger partial charge in [0.1, 0.15) is 12.4 Å². The molecule has 0 unspecified atom stereocenters. The Hall–Kier alpha value is -4.29.